The Labute approximate surface area is 105 Å². The van der Waals surface area contributed by atoms with Gasteiger partial charge in [0.15, 0.2) is 0 Å². The number of hydrogen-bond acceptors (Lipinski definition) is 3. The molecule has 7 heteroatoms. The average molecular weight is 281 g/mol. The Morgan fingerprint density at radius 2 is 2.18 bits per heavy atom. The topological polar surface area (TPSA) is 72.2 Å². The second kappa shape index (κ2) is 5.77. The lowest BCUT2D eigenvalue weighted by atomic mass is 10.3. The van der Waals surface area contributed by atoms with E-state index in [9.17, 15) is 12.8 Å². The SMILES string of the molecule is CC(N)CCNS(=O)(=O)c1ccc(F)cc1Cl. The summed E-state index contributed by atoms with van der Waals surface area (Å²) in [6.07, 6.45) is 0.512. The van der Waals surface area contributed by atoms with Crippen LogP contribution in [0.4, 0.5) is 4.39 Å². The highest BCUT2D eigenvalue weighted by Gasteiger charge is 2.17. The summed E-state index contributed by atoms with van der Waals surface area (Å²) in [6.45, 7) is 1.99. The van der Waals surface area contributed by atoms with E-state index in [-0.39, 0.29) is 22.5 Å². The molecule has 0 aromatic heterocycles. The molecule has 0 aliphatic carbocycles. The van der Waals surface area contributed by atoms with Crippen LogP contribution in [0.3, 0.4) is 0 Å². The van der Waals surface area contributed by atoms with Gasteiger partial charge in [0.1, 0.15) is 10.7 Å². The first kappa shape index (κ1) is 14.4. The Hall–Kier alpha value is -0.690. The molecule has 4 nitrogen and oxygen atoms in total. The maximum atomic E-state index is 12.8. The number of hydrogen-bond donors (Lipinski definition) is 2. The molecule has 0 radical (unpaired) electrons. The molecule has 0 saturated heterocycles. The van der Waals surface area contributed by atoms with Crippen LogP contribution >= 0.6 is 11.6 Å². The van der Waals surface area contributed by atoms with E-state index >= 15 is 0 Å². The van der Waals surface area contributed by atoms with Gasteiger partial charge in [0.05, 0.1) is 5.02 Å². The van der Waals surface area contributed by atoms with Crippen LogP contribution in [0.25, 0.3) is 0 Å². The van der Waals surface area contributed by atoms with E-state index in [4.69, 9.17) is 17.3 Å². The first-order valence-electron chi connectivity index (χ1n) is 5.03. The second-order valence-corrected chi connectivity index (χ2v) is 5.88. The van der Waals surface area contributed by atoms with Crippen molar-refractivity contribution in [1.82, 2.24) is 4.72 Å². The Morgan fingerprint density at radius 1 is 1.53 bits per heavy atom. The molecule has 0 saturated carbocycles. The summed E-state index contributed by atoms with van der Waals surface area (Å²) < 4.78 is 38.7. The van der Waals surface area contributed by atoms with Crippen LogP contribution in [-0.4, -0.2) is 21.0 Å². The monoisotopic (exact) mass is 280 g/mol. The standard InChI is InChI=1S/C10H14ClFN2O2S/c1-7(13)4-5-14-17(15,16)10-3-2-8(12)6-9(10)11/h2-3,6-7,14H,4-5,13H2,1H3. The highest BCUT2D eigenvalue weighted by atomic mass is 35.5. The van der Waals surface area contributed by atoms with Crippen molar-refractivity contribution in [3.63, 3.8) is 0 Å². The van der Waals surface area contributed by atoms with Crippen molar-refractivity contribution < 1.29 is 12.8 Å². The molecule has 1 rings (SSSR count). The van der Waals surface area contributed by atoms with Crippen molar-refractivity contribution >= 4 is 21.6 Å². The zero-order valence-electron chi connectivity index (χ0n) is 9.28. The highest BCUT2D eigenvalue weighted by Crippen LogP contribution is 2.21. The van der Waals surface area contributed by atoms with Crippen molar-refractivity contribution in [1.29, 1.82) is 0 Å². The first-order chi connectivity index (χ1) is 7.83. The number of nitrogens with one attached hydrogen (secondary N) is 1. The summed E-state index contributed by atoms with van der Waals surface area (Å²) in [4.78, 5) is -0.134. The van der Waals surface area contributed by atoms with E-state index in [2.05, 4.69) is 4.72 Å². The number of benzene rings is 1. The predicted molar refractivity (Wildman–Crippen MR) is 64.9 cm³/mol. The van der Waals surface area contributed by atoms with Gasteiger partial charge in [-0.05, 0) is 31.5 Å². The Balaban J connectivity index is 2.83. The summed E-state index contributed by atoms with van der Waals surface area (Å²) in [6, 6.07) is 3.04. The summed E-state index contributed by atoms with van der Waals surface area (Å²) >= 11 is 5.67. The van der Waals surface area contributed by atoms with E-state index in [0.29, 0.717) is 6.42 Å². The van der Waals surface area contributed by atoms with E-state index in [1.54, 1.807) is 6.92 Å². The lowest BCUT2D eigenvalue weighted by Crippen LogP contribution is -2.29. The molecule has 1 aromatic rings. The molecule has 0 heterocycles. The molecule has 0 bridgehead atoms. The molecule has 0 fully saturated rings. The zero-order chi connectivity index (χ0) is 13.1. The van der Waals surface area contributed by atoms with Crippen LogP contribution in [0.2, 0.25) is 5.02 Å². The van der Waals surface area contributed by atoms with Crippen LogP contribution in [-0.2, 0) is 10.0 Å². The van der Waals surface area contributed by atoms with Crippen molar-refractivity contribution in [3.8, 4) is 0 Å². The Kier molecular flexibility index (Phi) is 4.88. The van der Waals surface area contributed by atoms with Crippen LogP contribution < -0.4 is 10.5 Å². The third-order valence-corrected chi connectivity index (χ3v) is 4.02. The van der Waals surface area contributed by atoms with E-state index < -0.39 is 15.8 Å². The molecular weight excluding hydrogens is 267 g/mol. The van der Waals surface area contributed by atoms with Crippen LogP contribution in [0.1, 0.15) is 13.3 Å². The van der Waals surface area contributed by atoms with Gasteiger partial charge in [-0.2, -0.15) is 0 Å². The van der Waals surface area contributed by atoms with Crippen LogP contribution in [0.5, 0.6) is 0 Å². The number of rotatable bonds is 5. The number of sulfonamides is 1. The molecule has 0 spiro atoms. The van der Waals surface area contributed by atoms with Gasteiger partial charge in [0.2, 0.25) is 10.0 Å². The summed E-state index contributed by atoms with van der Waals surface area (Å²) in [5, 5.41) is -0.140. The minimum absolute atomic E-state index is 0.0959. The normalized spacial score (nSPS) is 13.6. The highest BCUT2D eigenvalue weighted by molar-refractivity contribution is 7.89. The maximum Gasteiger partial charge on any atom is 0.242 e. The Morgan fingerprint density at radius 3 is 2.71 bits per heavy atom. The average Bonchev–Trinajstić information content (AvgIpc) is 2.15. The van der Waals surface area contributed by atoms with Gasteiger partial charge in [-0.3, -0.25) is 0 Å². The van der Waals surface area contributed by atoms with E-state index in [1.807, 2.05) is 0 Å². The molecular formula is C10H14ClFN2O2S. The largest absolute Gasteiger partial charge is 0.328 e. The molecule has 0 aliphatic rings. The molecule has 3 N–H and O–H groups in total. The summed E-state index contributed by atoms with van der Waals surface area (Å²) in [5.41, 5.74) is 5.50. The second-order valence-electron chi connectivity index (χ2n) is 3.74. The number of nitrogens with two attached hydrogens (primary N) is 1. The third-order valence-electron chi connectivity index (χ3n) is 2.08. The van der Waals surface area contributed by atoms with Gasteiger partial charge in [0, 0.05) is 12.6 Å². The minimum atomic E-state index is -3.71. The van der Waals surface area contributed by atoms with Crippen molar-refractivity contribution in [3.05, 3.63) is 29.0 Å². The van der Waals surface area contributed by atoms with Crippen molar-refractivity contribution in [2.75, 3.05) is 6.54 Å². The molecule has 0 amide bonds. The van der Waals surface area contributed by atoms with Gasteiger partial charge in [-0.15, -0.1) is 0 Å². The van der Waals surface area contributed by atoms with Gasteiger partial charge >= 0.3 is 0 Å². The van der Waals surface area contributed by atoms with Crippen molar-refractivity contribution in [2.45, 2.75) is 24.3 Å². The lowest BCUT2D eigenvalue weighted by Gasteiger charge is -2.09. The number of halogens is 2. The molecule has 96 valence electrons. The fourth-order valence-electron chi connectivity index (χ4n) is 1.19. The van der Waals surface area contributed by atoms with Gasteiger partial charge in [0.25, 0.3) is 0 Å². The molecule has 1 unspecified atom stereocenters. The maximum absolute atomic E-state index is 12.8. The molecule has 17 heavy (non-hydrogen) atoms. The molecule has 1 atom stereocenters. The fraction of sp³-hybridized carbons (Fsp3) is 0.400. The first-order valence-corrected chi connectivity index (χ1v) is 6.89. The van der Waals surface area contributed by atoms with Gasteiger partial charge < -0.3 is 5.73 Å². The fourth-order valence-corrected chi connectivity index (χ4v) is 2.77. The van der Waals surface area contributed by atoms with Crippen LogP contribution in [0, 0.1) is 5.82 Å². The Bertz CT molecular complexity index is 491. The lowest BCUT2D eigenvalue weighted by molar-refractivity contribution is 0.571. The quantitative estimate of drug-likeness (QED) is 0.858. The minimum Gasteiger partial charge on any atom is -0.328 e. The van der Waals surface area contributed by atoms with Gasteiger partial charge in [-0.1, -0.05) is 11.6 Å². The molecule has 1 aromatic carbocycles. The van der Waals surface area contributed by atoms with Crippen molar-refractivity contribution in [2.24, 2.45) is 5.73 Å². The summed E-state index contributed by atoms with van der Waals surface area (Å²) in [5.74, 6) is -0.579. The van der Waals surface area contributed by atoms with Gasteiger partial charge in [-0.25, -0.2) is 17.5 Å². The van der Waals surface area contributed by atoms with E-state index in [1.165, 1.54) is 0 Å². The summed E-state index contributed by atoms with van der Waals surface area (Å²) in [7, 11) is -3.71. The predicted octanol–water partition coefficient (Wildman–Crippen LogP) is 1.49. The smallest absolute Gasteiger partial charge is 0.242 e. The zero-order valence-corrected chi connectivity index (χ0v) is 10.9. The molecule has 0 aliphatic heterocycles. The van der Waals surface area contributed by atoms with E-state index in [0.717, 1.165) is 18.2 Å². The van der Waals surface area contributed by atoms with Crippen LogP contribution in [0.15, 0.2) is 23.1 Å². The third kappa shape index (κ3) is 4.23.